The number of benzene rings is 1. The third-order valence-corrected chi connectivity index (χ3v) is 2.38. The fourth-order valence-electron chi connectivity index (χ4n) is 1.62. The van der Waals surface area contributed by atoms with Crippen molar-refractivity contribution in [3.8, 4) is 0 Å². The number of ether oxygens (including phenoxy) is 1. The molecule has 1 amide bonds. The van der Waals surface area contributed by atoms with Gasteiger partial charge in [0.15, 0.2) is 0 Å². The van der Waals surface area contributed by atoms with Gasteiger partial charge in [0.2, 0.25) is 5.91 Å². The first-order chi connectivity index (χ1) is 8.15. The van der Waals surface area contributed by atoms with Gasteiger partial charge in [-0.3, -0.25) is 4.79 Å². The Morgan fingerprint density at radius 3 is 2.94 bits per heavy atom. The minimum atomic E-state index is -0.0374. The highest BCUT2D eigenvalue weighted by atomic mass is 16.5. The summed E-state index contributed by atoms with van der Waals surface area (Å²) < 4.78 is 4.98. The van der Waals surface area contributed by atoms with Gasteiger partial charge in [0.25, 0.3) is 0 Å². The maximum atomic E-state index is 11.7. The summed E-state index contributed by atoms with van der Waals surface area (Å²) in [6.45, 7) is 2.51. The van der Waals surface area contributed by atoms with E-state index in [-0.39, 0.29) is 18.4 Å². The van der Waals surface area contributed by atoms with Crippen molar-refractivity contribution in [2.24, 2.45) is 5.92 Å². The van der Waals surface area contributed by atoms with Crippen LogP contribution < -0.4 is 5.32 Å². The van der Waals surface area contributed by atoms with Crippen molar-refractivity contribution in [3.63, 3.8) is 0 Å². The first kappa shape index (κ1) is 13.7. The summed E-state index contributed by atoms with van der Waals surface area (Å²) in [5, 5.41) is 11.8. The van der Waals surface area contributed by atoms with Crippen LogP contribution in [0.3, 0.4) is 0 Å². The number of carbonyl (C=O) groups is 1. The number of hydrogen-bond donors (Lipinski definition) is 2. The quantitative estimate of drug-likeness (QED) is 0.793. The van der Waals surface area contributed by atoms with Crippen LogP contribution in [-0.4, -0.2) is 24.7 Å². The normalized spacial score (nSPS) is 12.2. The SMILES string of the molecule is COCC(C)CC(=O)Nc1cccc(CO)c1. The zero-order valence-corrected chi connectivity index (χ0v) is 10.3. The summed E-state index contributed by atoms with van der Waals surface area (Å²) in [5.74, 6) is 0.158. The van der Waals surface area contributed by atoms with Crippen molar-refractivity contribution in [2.45, 2.75) is 20.0 Å². The summed E-state index contributed by atoms with van der Waals surface area (Å²) in [7, 11) is 1.62. The number of carbonyl (C=O) groups excluding carboxylic acids is 1. The van der Waals surface area contributed by atoms with Crippen molar-refractivity contribution in [1.82, 2.24) is 0 Å². The van der Waals surface area contributed by atoms with Gasteiger partial charge < -0.3 is 15.2 Å². The highest BCUT2D eigenvalue weighted by molar-refractivity contribution is 5.90. The van der Waals surface area contributed by atoms with Crippen molar-refractivity contribution < 1.29 is 14.6 Å². The molecule has 1 aromatic carbocycles. The van der Waals surface area contributed by atoms with Gasteiger partial charge in [0.05, 0.1) is 6.61 Å². The molecule has 0 radical (unpaired) electrons. The Kier molecular flexibility index (Phi) is 5.66. The lowest BCUT2D eigenvalue weighted by Gasteiger charge is -2.10. The summed E-state index contributed by atoms with van der Waals surface area (Å²) in [6, 6.07) is 7.18. The minimum Gasteiger partial charge on any atom is -0.392 e. The van der Waals surface area contributed by atoms with Crippen LogP contribution in [0.15, 0.2) is 24.3 Å². The lowest BCUT2D eigenvalue weighted by Crippen LogP contribution is -2.17. The van der Waals surface area contributed by atoms with Gasteiger partial charge in [0.1, 0.15) is 0 Å². The molecule has 0 fully saturated rings. The first-order valence-corrected chi connectivity index (χ1v) is 5.64. The molecule has 0 aromatic heterocycles. The van der Waals surface area contributed by atoms with Crippen LogP contribution >= 0.6 is 0 Å². The fraction of sp³-hybridized carbons (Fsp3) is 0.462. The summed E-state index contributed by atoms with van der Waals surface area (Å²) >= 11 is 0. The Morgan fingerprint density at radius 2 is 2.29 bits per heavy atom. The number of nitrogens with one attached hydrogen (secondary N) is 1. The van der Waals surface area contributed by atoms with Crippen molar-refractivity contribution in [1.29, 1.82) is 0 Å². The van der Waals surface area contributed by atoms with Crippen LogP contribution in [0.4, 0.5) is 5.69 Å². The van der Waals surface area contributed by atoms with E-state index in [0.29, 0.717) is 18.7 Å². The molecule has 1 unspecified atom stereocenters. The standard InChI is InChI=1S/C13H19NO3/c1-10(9-17-2)6-13(16)14-12-5-3-4-11(7-12)8-15/h3-5,7,10,15H,6,8-9H2,1-2H3,(H,14,16). The van der Waals surface area contributed by atoms with E-state index < -0.39 is 0 Å². The zero-order valence-electron chi connectivity index (χ0n) is 10.3. The Bertz CT molecular complexity index is 365. The molecule has 0 saturated heterocycles. The third-order valence-electron chi connectivity index (χ3n) is 2.38. The molecule has 4 nitrogen and oxygen atoms in total. The smallest absolute Gasteiger partial charge is 0.224 e. The topological polar surface area (TPSA) is 58.6 Å². The molecule has 0 aliphatic rings. The molecular formula is C13H19NO3. The van der Waals surface area contributed by atoms with Crippen LogP contribution in [-0.2, 0) is 16.1 Å². The maximum absolute atomic E-state index is 11.7. The second-order valence-corrected chi connectivity index (χ2v) is 4.17. The van der Waals surface area contributed by atoms with Gasteiger partial charge >= 0.3 is 0 Å². The Balaban J connectivity index is 2.49. The van der Waals surface area contributed by atoms with Crippen LogP contribution in [0.25, 0.3) is 0 Å². The van der Waals surface area contributed by atoms with Crippen molar-refractivity contribution >= 4 is 11.6 Å². The van der Waals surface area contributed by atoms with Gasteiger partial charge in [-0.15, -0.1) is 0 Å². The number of rotatable bonds is 6. The molecule has 4 heteroatoms. The van der Waals surface area contributed by atoms with E-state index in [2.05, 4.69) is 5.32 Å². The molecule has 1 atom stereocenters. The summed E-state index contributed by atoms with van der Waals surface area (Å²) in [4.78, 5) is 11.7. The molecule has 0 heterocycles. The molecular weight excluding hydrogens is 218 g/mol. The highest BCUT2D eigenvalue weighted by Gasteiger charge is 2.09. The highest BCUT2D eigenvalue weighted by Crippen LogP contribution is 2.12. The van der Waals surface area contributed by atoms with Gasteiger partial charge in [-0.25, -0.2) is 0 Å². The van der Waals surface area contributed by atoms with Gasteiger partial charge in [-0.2, -0.15) is 0 Å². The third kappa shape index (κ3) is 4.97. The number of methoxy groups -OCH3 is 1. The number of hydrogen-bond acceptors (Lipinski definition) is 3. The fourth-order valence-corrected chi connectivity index (χ4v) is 1.62. The zero-order chi connectivity index (χ0) is 12.7. The Morgan fingerprint density at radius 1 is 1.53 bits per heavy atom. The Hall–Kier alpha value is -1.39. The van der Waals surface area contributed by atoms with E-state index in [1.807, 2.05) is 13.0 Å². The summed E-state index contributed by atoms with van der Waals surface area (Å²) in [6.07, 6.45) is 0.428. The molecule has 94 valence electrons. The lowest BCUT2D eigenvalue weighted by molar-refractivity contribution is -0.117. The molecule has 0 spiro atoms. The number of aliphatic hydroxyl groups is 1. The average Bonchev–Trinajstić information content (AvgIpc) is 2.29. The molecule has 0 aliphatic carbocycles. The first-order valence-electron chi connectivity index (χ1n) is 5.64. The van der Waals surface area contributed by atoms with E-state index in [1.165, 1.54) is 0 Å². The van der Waals surface area contributed by atoms with Gasteiger partial charge in [0, 0.05) is 25.8 Å². The van der Waals surface area contributed by atoms with Gasteiger partial charge in [-0.05, 0) is 23.6 Å². The second kappa shape index (κ2) is 7.04. The molecule has 2 N–H and O–H groups in total. The number of aliphatic hydroxyl groups excluding tert-OH is 1. The minimum absolute atomic E-state index is 0.0240. The van der Waals surface area contributed by atoms with Crippen molar-refractivity contribution in [2.75, 3.05) is 19.0 Å². The predicted molar refractivity (Wildman–Crippen MR) is 66.7 cm³/mol. The van der Waals surface area contributed by atoms with E-state index >= 15 is 0 Å². The molecule has 1 rings (SSSR count). The van der Waals surface area contributed by atoms with E-state index in [0.717, 1.165) is 5.56 Å². The van der Waals surface area contributed by atoms with E-state index in [1.54, 1.807) is 25.3 Å². The van der Waals surface area contributed by atoms with Gasteiger partial charge in [-0.1, -0.05) is 19.1 Å². The molecule has 0 bridgehead atoms. The molecule has 0 saturated carbocycles. The molecule has 17 heavy (non-hydrogen) atoms. The predicted octanol–water partition coefficient (Wildman–Crippen LogP) is 1.79. The largest absolute Gasteiger partial charge is 0.392 e. The van der Waals surface area contributed by atoms with Crippen LogP contribution in [0.5, 0.6) is 0 Å². The monoisotopic (exact) mass is 237 g/mol. The van der Waals surface area contributed by atoms with Crippen LogP contribution in [0.1, 0.15) is 18.9 Å². The molecule has 0 aliphatic heterocycles. The Labute approximate surface area is 102 Å². The number of amides is 1. The van der Waals surface area contributed by atoms with E-state index in [9.17, 15) is 4.79 Å². The second-order valence-electron chi connectivity index (χ2n) is 4.17. The van der Waals surface area contributed by atoms with E-state index in [4.69, 9.17) is 9.84 Å². The van der Waals surface area contributed by atoms with Crippen LogP contribution in [0, 0.1) is 5.92 Å². The molecule has 1 aromatic rings. The maximum Gasteiger partial charge on any atom is 0.224 e. The number of anilines is 1. The lowest BCUT2D eigenvalue weighted by atomic mass is 10.1. The summed E-state index contributed by atoms with van der Waals surface area (Å²) in [5.41, 5.74) is 1.50. The van der Waals surface area contributed by atoms with Crippen LogP contribution in [0.2, 0.25) is 0 Å². The average molecular weight is 237 g/mol. The van der Waals surface area contributed by atoms with Crippen molar-refractivity contribution in [3.05, 3.63) is 29.8 Å².